The first-order valence-corrected chi connectivity index (χ1v) is 10.5. The fourth-order valence-electron chi connectivity index (χ4n) is 3.86. The molecule has 0 unspecified atom stereocenters. The average Bonchev–Trinajstić information content (AvgIpc) is 3.08. The Morgan fingerprint density at radius 3 is 2.85 bits per heavy atom. The highest BCUT2D eigenvalue weighted by atomic mass is 32.1. The summed E-state index contributed by atoms with van der Waals surface area (Å²) in [6.07, 6.45) is 9.51. The SMILES string of the molecule is Cc1cncn(CC2CCN(C(=O)Nc3nc4c(s3)CCCC4)CC2)c1=O. The standard InChI is InChI=1S/C19H25N5O2S/c1-13-10-20-12-24(17(13)25)11-14-6-8-23(9-7-14)19(26)22-18-21-15-4-2-3-5-16(15)27-18/h10,12,14H,2-9,11H2,1H3,(H,21,22,26). The molecule has 1 saturated heterocycles. The number of urea groups is 1. The number of carbonyl (C=O) groups is 1. The summed E-state index contributed by atoms with van der Waals surface area (Å²) in [6.45, 7) is 3.86. The van der Waals surface area contributed by atoms with Gasteiger partial charge in [0, 0.05) is 36.3 Å². The molecule has 0 saturated carbocycles. The summed E-state index contributed by atoms with van der Waals surface area (Å²) in [4.78, 5) is 36.6. The number of thiazole rings is 1. The monoisotopic (exact) mass is 387 g/mol. The fourth-order valence-corrected chi connectivity index (χ4v) is 4.90. The molecule has 2 amide bonds. The summed E-state index contributed by atoms with van der Waals surface area (Å²) in [7, 11) is 0. The van der Waals surface area contributed by atoms with Gasteiger partial charge >= 0.3 is 6.03 Å². The number of amides is 2. The van der Waals surface area contributed by atoms with Gasteiger partial charge in [0.05, 0.1) is 12.0 Å². The molecule has 1 aliphatic heterocycles. The molecule has 0 aromatic carbocycles. The maximum Gasteiger partial charge on any atom is 0.323 e. The zero-order valence-electron chi connectivity index (χ0n) is 15.6. The molecule has 27 heavy (non-hydrogen) atoms. The predicted molar refractivity (Wildman–Crippen MR) is 105 cm³/mol. The number of likely N-dealkylation sites (tertiary alicyclic amines) is 1. The Morgan fingerprint density at radius 2 is 2.07 bits per heavy atom. The molecule has 2 aliphatic rings. The largest absolute Gasteiger partial charge is 0.324 e. The first-order chi connectivity index (χ1) is 13.1. The van der Waals surface area contributed by atoms with Crippen molar-refractivity contribution in [2.45, 2.75) is 52.0 Å². The minimum Gasteiger partial charge on any atom is -0.324 e. The first-order valence-electron chi connectivity index (χ1n) is 9.65. The summed E-state index contributed by atoms with van der Waals surface area (Å²) in [5.74, 6) is 0.391. The number of carbonyl (C=O) groups excluding carboxylic acids is 1. The molecule has 3 heterocycles. The third-order valence-electron chi connectivity index (χ3n) is 5.49. The van der Waals surface area contributed by atoms with Gasteiger partial charge in [-0.25, -0.2) is 14.8 Å². The third-order valence-corrected chi connectivity index (χ3v) is 6.56. The molecule has 2 aromatic heterocycles. The van der Waals surface area contributed by atoms with Gasteiger partial charge in [0.15, 0.2) is 5.13 Å². The third kappa shape index (κ3) is 4.05. The van der Waals surface area contributed by atoms with Gasteiger partial charge in [-0.3, -0.25) is 14.7 Å². The second kappa shape index (κ2) is 7.80. The Morgan fingerprint density at radius 1 is 1.30 bits per heavy atom. The first kappa shape index (κ1) is 18.2. The van der Waals surface area contributed by atoms with Crippen molar-refractivity contribution in [3.63, 3.8) is 0 Å². The van der Waals surface area contributed by atoms with Crippen molar-refractivity contribution in [1.29, 1.82) is 0 Å². The zero-order valence-corrected chi connectivity index (χ0v) is 16.4. The van der Waals surface area contributed by atoms with Crippen molar-refractivity contribution in [3.05, 3.63) is 39.0 Å². The van der Waals surface area contributed by atoms with Gasteiger partial charge in [0.25, 0.3) is 5.56 Å². The van der Waals surface area contributed by atoms with Crippen molar-refractivity contribution in [3.8, 4) is 0 Å². The summed E-state index contributed by atoms with van der Waals surface area (Å²) in [6, 6.07) is -0.0612. The van der Waals surface area contributed by atoms with Gasteiger partial charge in [-0.05, 0) is 51.4 Å². The van der Waals surface area contributed by atoms with Crippen LogP contribution >= 0.6 is 11.3 Å². The van der Waals surface area contributed by atoms with E-state index < -0.39 is 0 Å². The smallest absolute Gasteiger partial charge is 0.323 e. The molecule has 0 bridgehead atoms. The van der Waals surface area contributed by atoms with Gasteiger partial charge in [0.2, 0.25) is 0 Å². The van der Waals surface area contributed by atoms with Crippen molar-refractivity contribution < 1.29 is 4.79 Å². The quantitative estimate of drug-likeness (QED) is 0.878. The molecular formula is C19H25N5O2S. The molecule has 2 aromatic rings. The van der Waals surface area contributed by atoms with Crippen LogP contribution in [0, 0.1) is 12.8 Å². The van der Waals surface area contributed by atoms with E-state index in [1.165, 1.54) is 17.7 Å². The maximum atomic E-state index is 12.6. The van der Waals surface area contributed by atoms with E-state index in [2.05, 4.69) is 15.3 Å². The highest BCUT2D eigenvalue weighted by Crippen LogP contribution is 2.30. The van der Waals surface area contributed by atoms with E-state index in [9.17, 15) is 9.59 Å². The lowest BCUT2D eigenvalue weighted by Gasteiger charge is -2.32. The molecule has 0 spiro atoms. The lowest BCUT2D eigenvalue weighted by Crippen LogP contribution is -2.42. The van der Waals surface area contributed by atoms with Crippen molar-refractivity contribution in [2.24, 2.45) is 5.92 Å². The zero-order chi connectivity index (χ0) is 18.8. The van der Waals surface area contributed by atoms with Gasteiger partial charge < -0.3 is 4.90 Å². The molecule has 7 nitrogen and oxygen atoms in total. The lowest BCUT2D eigenvalue weighted by molar-refractivity contribution is 0.176. The Hall–Kier alpha value is -2.22. The van der Waals surface area contributed by atoms with Crippen LogP contribution in [-0.2, 0) is 19.4 Å². The Bertz CT molecular complexity index is 859. The summed E-state index contributed by atoms with van der Waals surface area (Å²) in [5.41, 5.74) is 1.86. The average molecular weight is 388 g/mol. The number of hydrogen-bond acceptors (Lipinski definition) is 5. The van der Waals surface area contributed by atoms with Gasteiger partial charge in [-0.1, -0.05) is 0 Å². The van der Waals surface area contributed by atoms with Crippen LogP contribution in [0.4, 0.5) is 9.93 Å². The summed E-state index contributed by atoms with van der Waals surface area (Å²) >= 11 is 1.62. The van der Waals surface area contributed by atoms with Gasteiger partial charge in [-0.15, -0.1) is 11.3 Å². The van der Waals surface area contributed by atoms with Crippen molar-refractivity contribution in [2.75, 3.05) is 18.4 Å². The second-order valence-electron chi connectivity index (χ2n) is 7.49. The number of aryl methyl sites for hydroxylation is 3. The molecule has 144 valence electrons. The minimum atomic E-state index is -0.0612. The molecule has 8 heteroatoms. The molecule has 1 N–H and O–H groups in total. The topological polar surface area (TPSA) is 80.1 Å². The molecule has 1 aliphatic carbocycles. The fraction of sp³-hybridized carbons (Fsp3) is 0.579. The van der Waals surface area contributed by atoms with Crippen LogP contribution in [0.25, 0.3) is 0 Å². The van der Waals surface area contributed by atoms with Crippen LogP contribution in [0.3, 0.4) is 0 Å². The summed E-state index contributed by atoms with van der Waals surface area (Å²) in [5, 5.41) is 3.71. The second-order valence-corrected chi connectivity index (χ2v) is 8.57. The molecule has 0 atom stereocenters. The molecule has 1 fully saturated rings. The highest BCUT2D eigenvalue weighted by Gasteiger charge is 2.24. The predicted octanol–water partition coefficient (Wildman–Crippen LogP) is 2.83. The molecule has 0 radical (unpaired) electrons. The minimum absolute atomic E-state index is 0.0258. The number of piperidine rings is 1. The molecular weight excluding hydrogens is 362 g/mol. The van der Waals surface area contributed by atoms with E-state index in [1.807, 2.05) is 4.90 Å². The summed E-state index contributed by atoms with van der Waals surface area (Å²) < 4.78 is 1.69. The van der Waals surface area contributed by atoms with E-state index in [-0.39, 0.29) is 11.6 Å². The van der Waals surface area contributed by atoms with Crippen LogP contribution in [-0.4, -0.2) is 38.6 Å². The van der Waals surface area contributed by atoms with Gasteiger partial charge in [-0.2, -0.15) is 0 Å². The van der Waals surface area contributed by atoms with Crippen LogP contribution in [0.5, 0.6) is 0 Å². The van der Waals surface area contributed by atoms with E-state index in [0.29, 0.717) is 31.1 Å². The molecule has 4 rings (SSSR count). The maximum absolute atomic E-state index is 12.6. The number of nitrogens with zero attached hydrogens (tertiary/aromatic N) is 4. The van der Waals surface area contributed by atoms with Crippen LogP contribution < -0.4 is 10.9 Å². The van der Waals surface area contributed by atoms with E-state index in [4.69, 9.17) is 0 Å². The van der Waals surface area contributed by atoms with E-state index >= 15 is 0 Å². The van der Waals surface area contributed by atoms with Crippen LogP contribution in [0.1, 0.15) is 41.8 Å². The van der Waals surface area contributed by atoms with Crippen molar-refractivity contribution >= 4 is 22.5 Å². The number of nitrogens with one attached hydrogen (secondary N) is 1. The van der Waals surface area contributed by atoms with E-state index in [0.717, 1.165) is 36.5 Å². The van der Waals surface area contributed by atoms with Crippen LogP contribution in [0.2, 0.25) is 0 Å². The highest BCUT2D eigenvalue weighted by molar-refractivity contribution is 7.15. The lowest BCUT2D eigenvalue weighted by atomic mass is 9.97. The number of rotatable bonds is 3. The normalized spacial score (nSPS) is 17.6. The van der Waals surface area contributed by atoms with Crippen molar-refractivity contribution in [1.82, 2.24) is 19.4 Å². The Balaban J connectivity index is 1.31. The van der Waals surface area contributed by atoms with Gasteiger partial charge in [0.1, 0.15) is 0 Å². The number of anilines is 1. The van der Waals surface area contributed by atoms with E-state index in [1.54, 1.807) is 35.4 Å². The van der Waals surface area contributed by atoms with Crippen LogP contribution in [0.15, 0.2) is 17.3 Å². The Kier molecular flexibility index (Phi) is 5.24. The number of hydrogen-bond donors (Lipinski definition) is 1. The number of aromatic nitrogens is 3. The number of fused-ring (bicyclic) bond motifs is 1. The Labute approximate surface area is 162 Å².